The van der Waals surface area contributed by atoms with Crippen LogP contribution in [0.3, 0.4) is 0 Å². The molecule has 1 rings (SSSR count). The van der Waals surface area contributed by atoms with E-state index in [0.717, 1.165) is 0 Å². The molecular weight excluding hydrogens is 158 g/mol. The SMILES string of the molecule is Cc1cccnc1C(C)C(C)(C)C. The molecule has 0 fully saturated rings. The number of nitrogens with zero attached hydrogens (tertiary/aromatic N) is 1. The lowest BCUT2D eigenvalue weighted by Gasteiger charge is -2.27. The maximum Gasteiger partial charge on any atom is 0.0466 e. The minimum absolute atomic E-state index is 0.291. The maximum atomic E-state index is 4.44. The fourth-order valence-corrected chi connectivity index (χ4v) is 1.36. The highest BCUT2D eigenvalue weighted by Gasteiger charge is 2.23. The summed E-state index contributed by atoms with van der Waals surface area (Å²) in [7, 11) is 0. The van der Waals surface area contributed by atoms with Crippen molar-refractivity contribution in [3.05, 3.63) is 29.6 Å². The van der Waals surface area contributed by atoms with Gasteiger partial charge >= 0.3 is 0 Å². The molecule has 13 heavy (non-hydrogen) atoms. The van der Waals surface area contributed by atoms with Crippen molar-refractivity contribution >= 4 is 0 Å². The molecule has 0 aliphatic rings. The summed E-state index contributed by atoms with van der Waals surface area (Å²) in [5.41, 5.74) is 2.82. The minimum atomic E-state index is 0.291. The fourth-order valence-electron chi connectivity index (χ4n) is 1.36. The van der Waals surface area contributed by atoms with E-state index in [-0.39, 0.29) is 0 Å². The Balaban J connectivity index is 3.02. The van der Waals surface area contributed by atoms with Crippen LogP contribution in [0, 0.1) is 12.3 Å². The van der Waals surface area contributed by atoms with Gasteiger partial charge in [-0.3, -0.25) is 4.98 Å². The molecule has 1 heteroatoms. The zero-order chi connectivity index (χ0) is 10.1. The Bertz CT molecular complexity index is 283. The molecule has 0 aliphatic heterocycles. The van der Waals surface area contributed by atoms with Crippen LogP contribution in [0.1, 0.15) is 44.9 Å². The maximum absolute atomic E-state index is 4.44. The van der Waals surface area contributed by atoms with Gasteiger partial charge < -0.3 is 0 Å². The molecule has 0 bridgehead atoms. The van der Waals surface area contributed by atoms with Gasteiger partial charge in [0.1, 0.15) is 0 Å². The lowest BCUT2D eigenvalue weighted by Crippen LogP contribution is -2.17. The third kappa shape index (κ3) is 2.30. The van der Waals surface area contributed by atoms with Gasteiger partial charge in [-0.1, -0.05) is 33.8 Å². The third-order valence-corrected chi connectivity index (χ3v) is 2.76. The number of pyridine rings is 1. The van der Waals surface area contributed by atoms with E-state index in [0.29, 0.717) is 11.3 Å². The predicted molar refractivity (Wildman–Crippen MR) is 56.8 cm³/mol. The molecule has 1 heterocycles. The Morgan fingerprint density at radius 3 is 2.38 bits per heavy atom. The Morgan fingerprint density at radius 1 is 1.31 bits per heavy atom. The van der Waals surface area contributed by atoms with Gasteiger partial charge in [0.2, 0.25) is 0 Å². The molecule has 0 spiro atoms. The van der Waals surface area contributed by atoms with Crippen LogP contribution in [0.4, 0.5) is 0 Å². The third-order valence-electron chi connectivity index (χ3n) is 2.76. The molecule has 1 unspecified atom stereocenters. The molecule has 0 saturated carbocycles. The molecule has 1 aromatic heterocycles. The summed E-state index contributed by atoms with van der Waals surface area (Å²) in [5, 5.41) is 0. The van der Waals surface area contributed by atoms with Crippen molar-refractivity contribution in [2.45, 2.75) is 40.5 Å². The van der Waals surface area contributed by atoms with Crippen LogP contribution in [0.2, 0.25) is 0 Å². The van der Waals surface area contributed by atoms with Gasteiger partial charge in [-0.25, -0.2) is 0 Å². The van der Waals surface area contributed by atoms with E-state index in [1.807, 2.05) is 12.3 Å². The van der Waals surface area contributed by atoms with Gasteiger partial charge in [0.05, 0.1) is 0 Å². The Kier molecular flexibility index (Phi) is 2.74. The van der Waals surface area contributed by atoms with E-state index in [1.165, 1.54) is 11.3 Å². The van der Waals surface area contributed by atoms with E-state index in [2.05, 4.69) is 45.7 Å². The summed E-state index contributed by atoms with van der Waals surface area (Å²) < 4.78 is 0. The molecule has 0 amide bonds. The molecule has 0 saturated heterocycles. The van der Waals surface area contributed by atoms with Gasteiger partial charge in [-0.15, -0.1) is 0 Å². The molecule has 1 atom stereocenters. The standard InChI is InChI=1S/C12H19N/c1-9-7-6-8-13-11(9)10(2)12(3,4)5/h6-8,10H,1-5H3. The van der Waals surface area contributed by atoms with Crippen LogP contribution in [-0.4, -0.2) is 4.98 Å². The number of aromatic nitrogens is 1. The molecule has 1 aromatic rings. The van der Waals surface area contributed by atoms with Crippen molar-refractivity contribution in [3.8, 4) is 0 Å². The second-order valence-electron chi connectivity index (χ2n) is 4.79. The molecule has 0 radical (unpaired) electrons. The first-order valence-electron chi connectivity index (χ1n) is 4.84. The second-order valence-corrected chi connectivity index (χ2v) is 4.79. The number of rotatable bonds is 1. The van der Waals surface area contributed by atoms with E-state index in [9.17, 15) is 0 Å². The van der Waals surface area contributed by atoms with E-state index in [4.69, 9.17) is 0 Å². The van der Waals surface area contributed by atoms with Gasteiger partial charge in [0, 0.05) is 17.8 Å². The smallest absolute Gasteiger partial charge is 0.0466 e. The van der Waals surface area contributed by atoms with Crippen LogP contribution in [0.5, 0.6) is 0 Å². The number of hydrogen-bond acceptors (Lipinski definition) is 1. The first-order chi connectivity index (χ1) is 5.93. The van der Waals surface area contributed by atoms with Gasteiger partial charge in [0.15, 0.2) is 0 Å². The Morgan fingerprint density at radius 2 is 1.92 bits per heavy atom. The number of hydrogen-bond donors (Lipinski definition) is 0. The summed E-state index contributed by atoms with van der Waals surface area (Å²) in [6.07, 6.45) is 1.88. The molecule has 0 aromatic carbocycles. The average Bonchev–Trinajstić information content (AvgIpc) is 2.02. The van der Waals surface area contributed by atoms with E-state index in [1.54, 1.807) is 0 Å². The van der Waals surface area contributed by atoms with Gasteiger partial charge in [-0.2, -0.15) is 0 Å². The van der Waals surface area contributed by atoms with Crippen molar-refractivity contribution in [2.24, 2.45) is 5.41 Å². The first-order valence-corrected chi connectivity index (χ1v) is 4.84. The fraction of sp³-hybridized carbons (Fsp3) is 0.583. The molecule has 0 aliphatic carbocycles. The second kappa shape index (κ2) is 3.49. The van der Waals surface area contributed by atoms with Crippen LogP contribution < -0.4 is 0 Å². The number of aryl methyl sites for hydroxylation is 1. The molecular formula is C12H19N. The normalized spacial score (nSPS) is 14.2. The minimum Gasteiger partial charge on any atom is -0.261 e. The summed E-state index contributed by atoms with van der Waals surface area (Å²) in [6.45, 7) is 11.1. The summed E-state index contributed by atoms with van der Waals surface area (Å²) in [5.74, 6) is 0.508. The largest absolute Gasteiger partial charge is 0.261 e. The van der Waals surface area contributed by atoms with Crippen LogP contribution in [0.15, 0.2) is 18.3 Å². The predicted octanol–water partition coefficient (Wildman–Crippen LogP) is 3.54. The quantitative estimate of drug-likeness (QED) is 0.639. The summed E-state index contributed by atoms with van der Waals surface area (Å²) >= 11 is 0. The highest BCUT2D eigenvalue weighted by atomic mass is 14.7. The van der Waals surface area contributed by atoms with Crippen LogP contribution in [0.25, 0.3) is 0 Å². The lowest BCUT2D eigenvalue weighted by molar-refractivity contribution is 0.333. The summed E-state index contributed by atoms with van der Waals surface area (Å²) in [4.78, 5) is 4.44. The zero-order valence-corrected chi connectivity index (χ0v) is 9.26. The first kappa shape index (κ1) is 10.2. The lowest BCUT2D eigenvalue weighted by atomic mass is 9.79. The van der Waals surface area contributed by atoms with Crippen LogP contribution in [-0.2, 0) is 0 Å². The summed E-state index contributed by atoms with van der Waals surface area (Å²) in [6, 6.07) is 4.12. The van der Waals surface area contributed by atoms with Crippen molar-refractivity contribution in [2.75, 3.05) is 0 Å². The highest BCUT2D eigenvalue weighted by Crippen LogP contribution is 2.34. The molecule has 0 N–H and O–H groups in total. The van der Waals surface area contributed by atoms with Gasteiger partial charge in [0.25, 0.3) is 0 Å². The molecule has 1 nitrogen and oxygen atoms in total. The topological polar surface area (TPSA) is 12.9 Å². The van der Waals surface area contributed by atoms with E-state index >= 15 is 0 Å². The van der Waals surface area contributed by atoms with Crippen molar-refractivity contribution in [3.63, 3.8) is 0 Å². The Labute approximate surface area is 81.2 Å². The van der Waals surface area contributed by atoms with Crippen LogP contribution >= 0.6 is 0 Å². The van der Waals surface area contributed by atoms with Crippen molar-refractivity contribution in [1.29, 1.82) is 0 Å². The van der Waals surface area contributed by atoms with Gasteiger partial charge in [-0.05, 0) is 24.0 Å². The molecule has 72 valence electrons. The highest BCUT2D eigenvalue weighted by molar-refractivity contribution is 5.22. The zero-order valence-electron chi connectivity index (χ0n) is 9.26. The average molecular weight is 177 g/mol. The Hall–Kier alpha value is -0.850. The van der Waals surface area contributed by atoms with Crippen molar-refractivity contribution in [1.82, 2.24) is 4.98 Å². The van der Waals surface area contributed by atoms with E-state index < -0.39 is 0 Å². The van der Waals surface area contributed by atoms with Crippen molar-refractivity contribution < 1.29 is 0 Å². The monoisotopic (exact) mass is 177 g/mol.